The zero-order valence-electron chi connectivity index (χ0n) is 13.2. The SMILES string of the molecule is C[C@H]1CCCCN1S(=O)(=O)c1ccc2c(c1)C(C)(C)C(=O)N2. The predicted molar refractivity (Wildman–Crippen MR) is 85.3 cm³/mol. The smallest absolute Gasteiger partial charge is 0.243 e. The van der Waals surface area contributed by atoms with Crippen molar-refractivity contribution in [1.29, 1.82) is 0 Å². The van der Waals surface area contributed by atoms with Crippen LogP contribution in [0.1, 0.15) is 45.6 Å². The summed E-state index contributed by atoms with van der Waals surface area (Å²) < 4.78 is 27.4. The zero-order chi connectivity index (χ0) is 16.1. The molecule has 2 heterocycles. The van der Waals surface area contributed by atoms with Gasteiger partial charge in [0, 0.05) is 18.3 Å². The number of carbonyl (C=O) groups excluding carboxylic acids is 1. The summed E-state index contributed by atoms with van der Waals surface area (Å²) in [4.78, 5) is 12.3. The quantitative estimate of drug-likeness (QED) is 0.909. The summed E-state index contributed by atoms with van der Waals surface area (Å²) in [7, 11) is -3.51. The van der Waals surface area contributed by atoms with Crippen molar-refractivity contribution in [3.8, 4) is 0 Å². The van der Waals surface area contributed by atoms with Crippen molar-refractivity contribution in [2.75, 3.05) is 11.9 Å². The third-order valence-electron chi connectivity index (χ3n) is 4.83. The lowest BCUT2D eigenvalue weighted by Gasteiger charge is -2.32. The van der Waals surface area contributed by atoms with Gasteiger partial charge < -0.3 is 5.32 Å². The van der Waals surface area contributed by atoms with Crippen molar-refractivity contribution < 1.29 is 13.2 Å². The minimum Gasteiger partial charge on any atom is -0.325 e. The van der Waals surface area contributed by atoms with Crippen molar-refractivity contribution in [1.82, 2.24) is 4.31 Å². The average Bonchev–Trinajstić information content (AvgIpc) is 2.69. The molecule has 0 radical (unpaired) electrons. The minimum atomic E-state index is -3.51. The van der Waals surface area contributed by atoms with Crippen LogP contribution < -0.4 is 5.32 Å². The molecule has 3 rings (SSSR count). The first kappa shape index (κ1) is 15.5. The Morgan fingerprint density at radius 3 is 2.68 bits per heavy atom. The predicted octanol–water partition coefficient (Wildman–Crippen LogP) is 2.48. The van der Waals surface area contributed by atoms with Crippen molar-refractivity contribution in [2.24, 2.45) is 0 Å². The van der Waals surface area contributed by atoms with Gasteiger partial charge in [0.25, 0.3) is 0 Å². The van der Waals surface area contributed by atoms with Crippen LogP contribution in [0.3, 0.4) is 0 Å². The molecule has 6 heteroatoms. The van der Waals surface area contributed by atoms with E-state index in [2.05, 4.69) is 5.32 Å². The molecule has 0 spiro atoms. The van der Waals surface area contributed by atoms with E-state index in [0.29, 0.717) is 12.2 Å². The monoisotopic (exact) mass is 322 g/mol. The van der Waals surface area contributed by atoms with E-state index in [-0.39, 0.29) is 16.8 Å². The maximum atomic E-state index is 12.9. The van der Waals surface area contributed by atoms with E-state index in [4.69, 9.17) is 0 Å². The first-order chi connectivity index (χ1) is 10.2. The van der Waals surface area contributed by atoms with Gasteiger partial charge in [-0.15, -0.1) is 0 Å². The number of benzene rings is 1. The van der Waals surface area contributed by atoms with Crippen molar-refractivity contribution >= 4 is 21.6 Å². The van der Waals surface area contributed by atoms with E-state index < -0.39 is 15.4 Å². The minimum absolute atomic E-state index is 0.0276. The highest BCUT2D eigenvalue weighted by molar-refractivity contribution is 7.89. The molecule has 1 aromatic carbocycles. The molecule has 5 nitrogen and oxygen atoms in total. The molecular formula is C16H22N2O3S. The Morgan fingerprint density at radius 2 is 2.00 bits per heavy atom. The van der Waals surface area contributed by atoms with Gasteiger partial charge in [-0.3, -0.25) is 4.79 Å². The van der Waals surface area contributed by atoms with E-state index in [1.165, 1.54) is 0 Å². The fraction of sp³-hybridized carbons (Fsp3) is 0.562. The lowest BCUT2D eigenvalue weighted by molar-refractivity contribution is -0.119. The van der Waals surface area contributed by atoms with Gasteiger partial charge in [0.2, 0.25) is 15.9 Å². The molecule has 120 valence electrons. The van der Waals surface area contributed by atoms with E-state index in [0.717, 1.165) is 24.8 Å². The molecule has 2 aliphatic rings. The normalized spacial score (nSPS) is 24.9. The molecule has 0 saturated carbocycles. The Hall–Kier alpha value is -1.40. The first-order valence-corrected chi connectivity index (χ1v) is 9.16. The van der Waals surface area contributed by atoms with Crippen LogP contribution >= 0.6 is 0 Å². The van der Waals surface area contributed by atoms with E-state index in [1.807, 2.05) is 20.8 Å². The number of hydrogen-bond acceptors (Lipinski definition) is 3. The number of amides is 1. The molecule has 1 saturated heterocycles. The fourth-order valence-corrected chi connectivity index (χ4v) is 5.00. The highest BCUT2D eigenvalue weighted by Crippen LogP contribution is 2.39. The largest absolute Gasteiger partial charge is 0.325 e. The highest BCUT2D eigenvalue weighted by Gasteiger charge is 2.40. The van der Waals surface area contributed by atoms with E-state index >= 15 is 0 Å². The molecule has 1 amide bonds. The molecule has 1 aromatic rings. The van der Waals surface area contributed by atoms with Crippen molar-refractivity contribution in [3.05, 3.63) is 23.8 Å². The second-order valence-electron chi connectivity index (χ2n) is 6.75. The number of nitrogens with one attached hydrogen (secondary N) is 1. The van der Waals surface area contributed by atoms with Gasteiger partial charge in [0.15, 0.2) is 0 Å². The molecule has 0 aliphatic carbocycles. The van der Waals surface area contributed by atoms with Gasteiger partial charge in [-0.1, -0.05) is 6.42 Å². The number of nitrogens with zero attached hydrogens (tertiary/aromatic N) is 1. The lowest BCUT2D eigenvalue weighted by Crippen LogP contribution is -2.42. The van der Waals surface area contributed by atoms with Gasteiger partial charge in [-0.25, -0.2) is 8.42 Å². The molecule has 0 bridgehead atoms. The van der Waals surface area contributed by atoms with Gasteiger partial charge in [0.1, 0.15) is 0 Å². The molecule has 0 unspecified atom stereocenters. The summed E-state index contributed by atoms with van der Waals surface area (Å²) in [6, 6.07) is 4.98. The Morgan fingerprint density at radius 1 is 1.27 bits per heavy atom. The van der Waals surface area contributed by atoms with E-state index in [9.17, 15) is 13.2 Å². The van der Waals surface area contributed by atoms with Crippen LogP contribution in [-0.4, -0.2) is 31.2 Å². The van der Waals surface area contributed by atoms with Crippen LogP contribution in [0.4, 0.5) is 5.69 Å². The fourth-order valence-electron chi connectivity index (χ4n) is 3.28. The second-order valence-corrected chi connectivity index (χ2v) is 8.64. The molecule has 22 heavy (non-hydrogen) atoms. The van der Waals surface area contributed by atoms with Crippen LogP contribution in [0, 0.1) is 0 Å². The van der Waals surface area contributed by atoms with Crippen LogP contribution in [0.25, 0.3) is 0 Å². The zero-order valence-corrected chi connectivity index (χ0v) is 14.0. The Balaban J connectivity index is 2.03. The summed E-state index contributed by atoms with van der Waals surface area (Å²) >= 11 is 0. The number of carbonyl (C=O) groups is 1. The van der Waals surface area contributed by atoms with Gasteiger partial charge in [0.05, 0.1) is 10.3 Å². The van der Waals surface area contributed by atoms with Crippen LogP contribution in [0.15, 0.2) is 23.1 Å². The summed E-state index contributed by atoms with van der Waals surface area (Å²) in [6.45, 7) is 6.16. The number of anilines is 1. The Labute approximate surface area is 131 Å². The maximum absolute atomic E-state index is 12.9. The third kappa shape index (κ3) is 2.25. The molecule has 0 aromatic heterocycles. The number of rotatable bonds is 2. The summed E-state index contributed by atoms with van der Waals surface area (Å²) in [6.07, 6.45) is 2.87. The first-order valence-electron chi connectivity index (χ1n) is 7.72. The summed E-state index contributed by atoms with van der Waals surface area (Å²) in [5.41, 5.74) is 0.762. The highest BCUT2D eigenvalue weighted by atomic mass is 32.2. The lowest BCUT2D eigenvalue weighted by atomic mass is 9.86. The van der Waals surface area contributed by atoms with E-state index in [1.54, 1.807) is 22.5 Å². The van der Waals surface area contributed by atoms with Crippen molar-refractivity contribution in [3.63, 3.8) is 0 Å². The number of hydrogen-bond donors (Lipinski definition) is 1. The molecule has 1 fully saturated rings. The number of piperidine rings is 1. The van der Waals surface area contributed by atoms with Crippen LogP contribution in [-0.2, 0) is 20.2 Å². The third-order valence-corrected chi connectivity index (χ3v) is 6.84. The summed E-state index contributed by atoms with van der Waals surface area (Å²) in [5, 5.41) is 2.81. The van der Waals surface area contributed by atoms with Gasteiger partial charge in [-0.05, 0) is 57.4 Å². The molecule has 2 aliphatic heterocycles. The molecule has 1 atom stereocenters. The van der Waals surface area contributed by atoms with Gasteiger partial charge in [-0.2, -0.15) is 4.31 Å². The topological polar surface area (TPSA) is 66.5 Å². The maximum Gasteiger partial charge on any atom is 0.243 e. The average molecular weight is 322 g/mol. The standard InChI is InChI=1S/C16H22N2O3S/c1-11-6-4-5-9-18(11)22(20,21)12-7-8-14-13(10-12)16(2,3)15(19)17-14/h7-8,10-11H,4-6,9H2,1-3H3,(H,17,19)/t11-/m0/s1. The number of fused-ring (bicyclic) bond motifs is 1. The molecule has 1 N–H and O–H groups in total. The van der Waals surface area contributed by atoms with Gasteiger partial charge >= 0.3 is 0 Å². The number of sulfonamides is 1. The van der Waals surface area contributed by atoms with Crippen LogP contribution in [0.5, 0.6) is 0 Å². The molecular weight excluding hydrogens is 300 g/mol. The second kappa shape index (κ2) is 5.06. The van der Waals surface area contributed by atoms with Crippen LogP contribution in [0.2, 0.25) is 0 Å². The Kier molecular flexibility index (Phi) is 3.57. The van der Waals surface area contributed by atoms with Crippen molar-refractivity contribution in [2.45, 2.75) is 56.4 Å². The summed E-state index contributed by atoms with van der Waals surface area (Å²) in [5.74, 6) is -0.0941. The Bertz CT molecular complexity index is 725.